The highest BCUT2D eigenvalue weighted by molar-refractivity contribution is 7.90. The van der Waals surface area contributed by atoms with E-state index in [9.17, 15) is 17.6 Å². The van der Waals surface area contributed by atoms with Crippen molar-refractivity contribution >= 4 is 33.2 Å². The van der Waals surface area contributed by atoms with Crippen LogP contribution in [0.3, 0.4) is 0 Å². The molecule has 0 aliphatic rings. The molecule has 3 rings (SSSR count). The van der Waals surface area contributed by atoms with Crippen molar-refractivity contribution < 1.29 is 17.6 Å². The van der Waals surface area contributed by atoms with Crippen LogP contribution in [0.1, 0.15) is 23.4 Å². The predicted molar refractivity (Wildman–Crippen MR) is 119 cm³/mol. The first-order valence-corrected chi connectivity index (χ1v) is 12.0. The van der Waals surface area contributed by atoms with Gasteiger partial charge in [0.2, 0.25) is 5.91 Å². The summed E-state index contributed by atoms with van der Waals surface area (Å²) in [6.07, 6.45) is 4.44. The fraction of sp³-hybridized carbons (Fsp3) is 0.174. The van der Waals surface area contributed by atoms with Crippen molar-refractivity contribution in [2.24, 2.45) is 0 Å². The highest BCUT2D eigenvalue weighted by Crippen LogP contribution is 2.29. The van der Waals surface area contributed by atoms with Gasteiger partial charge in [-0.15, -0.1) is 11.3 Å². The van der Waals surface area contributed by atoms with Crippen molar-refractivity contribution in [2.75, 3.05) is 13.3 Å². The quantitative estimate of drug-likeness (QED) is 0.493. The topological polar surface area (TPSA) is 54.5 Å². The molecule has 0 spiro atoms. The van der Waals surface area contributed by atoms with Gasteiger partial charge in [0.1, 0.15) is 5.82 Å². The molecule has 1 amide bonds. The van der Waals surface area contributed by atoms with E-state index in [1.165, 1.54) is 29.5 Å². The molecule has 4 nitrogen and oxygen atoms in total. The summed E-state index contributed by atoms with van der Waals surface area (Å²) in [7, 11) is -1.54. The number of carbonyl (C=O) groups excluding carboxylic acids is 1. The molecular formula is C23H22FNO3S2. The third-order valence-corrected chi connectivity index (χ3v) is 7.09. The molecule has 3 aromatic rings. The fourth-order valence-corrected chi connectivity index (χ4v) is 4.44. The Morgan fingerprint density at radius 3 is 2.27 bits per heavy atom. The SMILES string of the molecule is CC(c1ccc(S(C)(=O)=O)cc1)N(C)C(=O)C=Cc1ccc(-c2ccc(F)cc2)s1. The van der Waals surface area contributed by atoms with E-state index >= 15 is 0 Å². The maximum absolute atomic E-state index is 13.1. The summed E-state index contributed by atoms with van der Waals surface area (Å²) < 4.78 is 36.3. The number of likely N-dealkylation sites (N-methyl/N-ethyl adjacent to an activating group) is 1. The van der Waals surface area contributed by atoms with Crippen molar-refractivity contribution in [2.45, 2.75) is 17.9 Å². The number of nitrogens with zero attached hydrogens (tertiary/aromatic N) is 1. The third kappa shape index (κ3) is 5.23. The van der Waals surface area contributed by atoms with Gasteiger partial charge in [0, 0.05) is 29.1 Å². The van der Waals surface area contributed by atoms with E-state index in [2.05, 4.69) is 0 Å². The molecule has 0 aliphatic heterocycles. The van der Waals surface area contributed by atoms with Crippen molar-refractivity contribution in [3.63, 3.8) is 0 Å². The smallest absolute Gasteiger partial charge is 0.246 e. The Morgan fingerprint density at radius 1 is 1.03 bits per heavy atom. The Hall–Kier alpha value is -2.77. The molecule has 0 N–H and O–H groups in total. The van der Waals surface area contributed by atoms with E-state index in [1.807, 2.05) is 19.1 Å². The lowest BCUT2D eigenvalue weighted by Gasteiger charge is -2.24. The monoisotopic (exact) mass is 443 g/mol. The minimum Gasteiger partial charge on any atom is -0.335 e. The Kier molecular flexibility index (Phi) is 6.53. The van der Waals surface area contributed by atoms with E-state index in [0.29, 0.717) is 0 Å². The zero-order valence-electron chi connectivity index (χ0n) is 16.9. The molecule has 156 valence electrons. The number of thiophene rings is 1. The molecule has 0 saturated carbocycles. The average molecular weight is 444 g/mol. The second kappa shape index (κ2) is 8.93. The Morgan fingerprint density at radius 2 is 1.67 bits per heavy atom. The molecule has 2 aromatic carbocycles. The van der Waals surface area contributed by atoms with Crippen molar-refractivity contribution in [3.05, 3.63) is 83.0 Å². The number of rotatable bonds is 6. The largest absolute Gasteiger partial charge is 0.335 e. The van der Waals surface area contributed by atoms with Crippen LogP contribution in [0.15, 0.2) is 71.6 Å². The Balaban J connectivity index is 1.67. The first kappa shape index (κ1) is 21.9. The van der Waals surface area contributed by atoms with Crippen LogP contribution < -0.4 is 0 Å². The number of amides is 1. The number of halogens is 1. The zero-order valence-corrected chi connectivity index (χ0v) is 18.5. The van der Waals surface area contributed by atoms with Crippen molar-refractivity contribution in [3.8, 4) is 10.4 Å². The van der Waals surface area contributed by atoms with Gasteiger partial charge in [0.05, 0.1) is 10.9 Å². The van der Waals surface area contributed by atoms with Crippen LogP contribution in [0.4, 0.5) is 4.39 Å². The van der Waals surface area contributed by atoms with E-state index in [0.717, 1.165) is 27.1 Å². The number of hydrogen-bond acceptors (Lipinski definition) is 4. The van der Waals surface area contributed by atoms with Crippen molar-refractivity contribution in [1.29, 1.82) is 0 Å². The third-order valence-electron chi connectivity index (χ3n) is 4.86. The molecule has 0 radical (unpaired) electrons. The lowest BCUT2D eigenvalue weighted by molar-refractivity contribution is -0.126. The molecule has 30 heavy (non-hydrogen) atoms. The summed E-state index contributed by atoms with van der Waals surface area (Å²) in [6, 6.07) is 16.5. The molecular weight excluding hydrogens is 421 g/mol. The van der Waals surface area contributed by atoms with E-state index < -0.39 is 9.84 Å². The maximum Gasteiger partial charge on any atom is 0.246 e. The van der Waals surface area contributed by atoms with Gasteiger partial charge >= 0.3 is 0 Å². The molecule has 7 heteroatoms. The maximum atomic E-state index is 13.1. The normalized spacial score (nSPS) is 12.8. The van der Waals surface area contributed by atoms with Gasteiger partial charge in [-0.1, -0.05) is 24.3 Å². The van der Waals surface area contributed by atoms with Crippen LogP contribution in [0, 0.1) is 5.82 Å². The summed E-state index contributed by atoms with van der Waals surface area (Å²) in [6.45, 7) is 1.89. The van der Waals surface area contributed by atoms with Gasteiger partial charge in [-0.05, 0) is 60.5 Å². The zero-order chi connectivity index (χ0) is 21.9. The predicted octanol–water partition coefficient (Wildman–Crippen LogP) is 5.19. The Bertz CT molecular complexity index is 1160. The van der Waals surface area contributed by atoms with Gasteiger partial charge in [0.15, 0.2) is 9.84 Å². The lowest BCUT2D eigenvalue weighted by Crippen LogP contribution is -2.27. The number of sulfone groups is 1. The standard InChI is InChI=1S/C23H22FNO3S2/c1-16(17-6-12-21(13-7-17)30(3,27)28)25(2)23(26)15-11-20-10-14-22(29-20)18-4-8-19(24)9-5-18/h4-16H,1-3H3. The summed E-state index contributed by atoms with van der Waals surface area (Å²) >= 11 is 1.52. The van der Waals surface area contributed by atoms with Gasteiger partial charge in [-0.25, -0.2) is 12.8 Å². The lowest BCUT2D eigenvalue weighted by atomic mass is 10.1. The second-order valence-electron chi connectivity index (χ2n) is 7.01. The van der Waals surface area contributed by atoms with Crippen LogP contribution in [-0.4, -0.2) is 32.5 Å². The average Bonchev–Trinajstić information content (AvgIpc) is 3.20. The van der Waals surface area contributed by atoms with Crippen LogP contribution in [0.2, 0.25) is 0 Å². The van der Waals surface area contributed by atoms with Crippen molar-refractivity contribution in [1.82, 2.24) is 4.90 Å². The highest BCUT2D eigenvalue weighted by atomic mass is 32.2. The number of carbonyl (C=O) groups is 1. The van der Waals surface area contributed by atoms with Gasteiger partial charge in [-0.2, -0.15) is 0 Å². The number of hydrogen-bond donors (Lipinski definition) is 0. The van der Waals surface area contributed by atoms with Crippen LogP contribution >= 0.6 is 11.3 Å². The van der Waals surface area contributed by atoms with Crippen LogP contribution in [0.25, 0.3) is 16.5 Å². The van der Waals surface area contributed by atoms with E-state index in [1.54, 1.807) is 54.4 Å². The second-order valence-corrected chi connectivity index (χ2v) is 10.1. The molecule has 1 heterocycles. The molecule has 0 aliphatic carbocycles. The molecule has 1 aromatic heterocycles. The molecule has 0 bridgehead atoms. The molecule has 0 fully saturated rings. The first-order valence-electron chi connectivity index (χ1n) is 9.26. The molecule has 1 atom stereocenters. The summed E-state index contributed by atoms with van der Waals surface area (Å²) in [5.41, 5.74) is 1.78. The highest BCUT2D eigenvalue weighted by Gasteiger charge is 2.16. The first-order chi connectivity index (χ1) is 14.1. The van der Waals surface area contributed by atoms with Gasteiger partial charge in [-0.3, -0.25) is 4.79 Å². The van der Waals surface area contributed by atoms with Gasteiger partial charge < -0.3 is 4.90 Å². The minimum absolute atomic E-state index is 0.161. The number of benzene rings is 2. The van der Waals surface area contributed by atoms with E-state index in [-0.39, 0.29) is 22.7 Å². The van der Waals surface area contributed by atoms with Crippen LogP contribution in [0.5, 0.6) is 0 Å². The fourth-order valence-electron chi connectivity index (χ4n) is 2.89. The summed E-state index contributed by atoms with van der Waals surface area (Å²) in [4.78, 5) is 16.3. The Labute approximate surface area is 180 Å². The van der Waals surface area contributed by atoms with Crippen LogP contribution in [-0.2, 0) is 14.6 Å². The van der Waals surface area contributed by atoms with Gasteiger partial charge in [0.25, 0.3) is 0 Å². The minimum atomic E-state index is -3.25. The summed E-state index contributed by atoms with van der Waals surface area (Å²) in [5.74, 6) is -0.435. The van der Waals surface area contributed by atoms with E-state index in [4.69, 9.17) is 0 Å². The molecule has 1 unspecified atom stereocenters. The molecule has 0 saturated heterocycles. The summed E-state index contributed by atoms with van der Waals surface area (Å²) in [5, 5.41) is 0.